The number of nitro groups is 1. The van der Waals surface area contributed by atoms with Crippen molar-refractivity contribution in [3.05, 3.63) is 135 Å². The SMILES string of the molecule is COc1cccc(CNC[C@@H](O)[C@H](Cc2ccccc2)NC(=O)c2cc(N3CC(c4ccccc4)CCS3(O)O)cc([N+](=O)[O-])c2)c1. The number of nitrogens with zero attached hydrogens (tertiary/aromatic N) is 2. The zero-order chi connectivity index (χ0) is 33.4. The zero-order valence-corrected chi connectivity index (χ0v) is 26.9. The van der Waals surface area contributed by atoms with Crippen LogP contribution in [0.5, 0.6) is 5.75 Å². The number of nitrogens with one attached hydrogen (secondary N) is 2. The van der Waals surface area contributed by atoms with Gasteiger partial charge in [-0.2, -0.15) is 0 Å². The molecule has 1 heterocycles. The van der Waals surface area contributed by atoms with Crippen LogP contribution in [-0.2, 0) is 13.0 Å². The molecular formula is C35H40N4O7S. The van der Waals surface area contributed by atoms with Gasteiger partial charge in [-0.25, -0.2) is 0 Å². The number of hydrogen-bond acceptors (Lipinski definition) is 9. The Morgan fingerprint density at radius 1 is 1.00 bits per heavy atom. The molecular weight excluding hydrogens is 620 g/mol. The summed E-state index contributed by atoms with van der Waals surface area (Å²) >= 11 is 0. The van der Waals surface area contributed by atoms with Crippen molar-refractivity contribution in [2.24, 2.45) is 0 Å². The smallest absolute Gasteiger partial charge is 0.272 e. The molecule has 4 aromatic rings. The molecule has 1 saturated heterocycles. The molecule has 0 spiro atoms. The molecule has 0 aromatic heterocycles. The van der Waals surface area contributed by atoms with Gasteiger partial charge in [0, 0.05) is 43.2 Å². The van der Waals surface area contributed by atoms with Gasteiger partial charge in [0.15, 0.2) is 0 Å². The maximum Gasteiger partial charge on any atom is 0.272 e. The number of carbonyl (C=O) groups excluding carboxylic acids is 1. The fourth-order valence-corrected chi connectivity index (χ4v) is 7.44. The van der Waals surface area contributed by atoms with E-state index in [1.807, 2.05) is 84.9 Å². The zero-order valence-electron chi connectivity index (χ0n) is 26.1. The molecule has 11 nitrogen and oxygen atoms in total. The average Bonchev–Trinajstić information content (AvgIpc) is 3.08. The summed E-state index contributed by atoms with van der Waals surface area (Å²) in [5, 5.41) is 29.4. The number of anilines is 1. The summed E-state index contributed by atoms with van der Waals surface area (Å²) in [4.78, 5) is 25.1. The number of nitro benzene ring substituents is 1. The van der Waals surface area contributed by atoms with Gasteiger partial charge in [0.1, 0.15) is 5.75 Å². The summed E-state index contributed by atoms with van der Waals surface area (Å²) in [7, 11) is -1.70. The maximum atomic E-state index is 13.8. The van der Waals surface area contributed by atoms with E-state index in [2.05, 4.69) is 10.6 Å². The van der Waals surface area contributed by atoms with Gasteiger partial charge in [0.2, 0.25) is 0 Å². The van der Waals surface area contributed by atoms with Crippen LogP contribution in [0.2, 0.25) is 0 Å². The van der Waals surface area contributed by atoms with Crippen LogP contribution in [0, 0.1) is 10.1 Å². The highest BCUT2D eigenvalue weighted by molar-refractivity contribution is 8.25. The van der Waals surface area contributed by atoms with Gasteiger partial charge in [-0.05, 0) is 47.7 Å². The molecule has 5 rings (SSSR count). The Hall–Kier alpha value is -4.46. The first kappa shape index (κ1) is 33.9. The van der Waals surface area contributed by atoms with Gasteiger partial charge in [0.05, 0.1) is 35.6 Å². The molecule has 1 aliphatic heterocycles. The third-order valence-corrected chi connectivity index (χ3v) is 10.2. The number of amides is 1. The molecule has 3 atom stereocenters. The van der Waals surface area contributed by atoms with Crippen LogP contribution in [0.25, 0.3) is 0 Å². The molecule has 1 amide bonds. The lowest BCUT2D eigenvalue weighted by atomic mass is 9.96. The van der Waals surface area contributed by atoms with E-state index in [1.165, 1.54) is 16.4 Å². The highest BCUT2D eigenvalue weighted by atomic mass is 32.3. The van der Waals surface area contributed by atoms with E-state index in [4.69, 9.17) is 4.74 Å². The number of hydrogen-bond donors (Lipinski definition) is 5. The molecule has 0 aliphatic carbocycles. The van der Waals surface area contributed by atoms with Gasteiger partial charge in [0.25, 0.3) is 11.6 Å². The van der Waals surface area contributed by atoms with Crippen molar-refractivity contribution >= 4 is 28.1 Å². The van der Waals surface area contributed by atoms with Crippen molar-refractivity contribution in [1.82, 2.24) is 10.6 Å². The van der Waals surface area contributed by atoms with E-state index in [0.717, 1.165) is 28.5 Å². The number of benzene rings is 4. The molecule has 4 aromatic carbocycles. The number of aliphatic hydroxyl groups excluding tert-OH is 1. The normalized spacial score (nSPS) is 17.7. The van der Waals surface area contributed by atoms with E-state index in [1.54, 1.807) is 7.11 Å². The second kappa shape index (κ2) is 15.4. The quantitative estimate of drug-likeness (QED) is 0.0889. The van der Waals surface area contributed by atoms with Crippen molar-refractivity contribution < 1.29 is 28.7 Å². The number of rotatable bonds is 13. The minimum atomic E-state index is -3.29. The van der Waals surface area contributed by atoms with Crippen LogP contribution in [0.15, 0.2) is 103 Å². The summed E-state index contributed by atoms with van der Waals surface area (Å²) in [5.41, 5.74) is 2.66. The third-order valence-electron chi connectivity index (χ3n) is 8.31. The lowest BCUT2D eigenvalue weighted by molar-refractivity contribution is -0.384. The Morgan fingerprint density at radius 3 is 2.40 bits per heavy atom. The van der Waals surface area contributed by atoms with Crippen LogP contribution >= 0.6 is 10.8 Å². The van der Waals surface area contributed by atoms with Crippen molar-refractivity contribution in [2.75, 3.05) is 30.3 Å². The van der Waals surface area contributed by atoms with Crippen LogP contribution in [0.4, 0.5) is 11.4 Å². The highest BCUT2D eigenvalue weighted by Gasteiger charge is 2.34. The van der Waals surface area contributed by atoms with Crippen LogP contribution < -0.4 is 19.7 Å². The molecule has 1 fully saturated rings. The van der Waals surface area contributed by atoms with Crippen LogP contribution in [0.1, 0.15) is 39.4 Å². The number of methoxy groups -OCH3 is 1. The Morgan fingerprint density at radius 2 is 1.70 bits per heavy atom. The second-order valence-electron chi connectivity index (χ2n) is 11.6. The average molecular weight is 661 g/mol. The Labute approximate surface area is 275 Å². The monoisotopic (exact) mass is 660 g/mol. The Kier molecular flexibility index (Phi) is 11.1. The fourth-order valence-electron chi connectivity index (χ4n) is 5.76. The number of ether oxygens (including phenoxy) is 1. The molecule has 5 N–H and O–H groups in total. The predicted molar refractivity (Wildman–Crippen MR) is 184 cm³/mol. The summed E-state index contributed by atoms with van der Waals surface area (Å²) in [5.74, 6) is 0.139. The Balaban J connectivity index is 1.37. The molecule has 47 heavy (non-hydrogen) atoms. The first-order valence-electron chi connectivity index (χ1n) is 15.4. The van der Waals surface area contributed by atoms with Gasteiger partial charge in [-0.3, -0.25) is 28.3 Å². The lowest BCUT2D eigenvalue weighted by Gasteiger charge is -2.50. The molecule has 248 valence electrons. The highest BCUT2D eigenvalue weighted by Crippen LogP contribution is 2.53. The molecule has 1 unspecified atom stereocenters. The van der Waals surface area contributed by atoms with Crippen molar-refractivity contribution in [3.63, 3.8) is 0 Å². The molecule has 1 aliphatic rings. The van der Waals surface area contributed by atoms with Gasteiger partial charge < -0.3 is 20.5 Å². The van der Waals surface area contributed by atoms with E-state index < -0.39 is 33.8 Å². The number of aliphatic hydroxyl groups is 1. The topological polar surface area (TPSA) is 157 Å². The summed E-state index contributed by atoms with van der Waals surface area (Å²) in [6, 6.07) is 29.7. The van der Waals surface area contributed by atoms with Crippen molar-refractivity contribution in [2.45, 2.75) is 37.5 Å². The summed E-state index contributed by atoms with van der Waals surface area (Å²) in [6.07, 6.45) is -0.165. The summed E-state index contributed by atoms with van der Waals surface area (Å²) in [6.45, 7) is 0.828. The first-order chi connectivity index (χ1) is 22.6. The molecule has 0 bridgehead atoms. The first-order valence-corrected chi connectivity index (χ1v) is 17.0. The predicted octanol–water partition coefficient (Wildman–Crippen LogP) is 5.75. The summed E-state index contributed by atoms with van der Waals surface area (Å²) < 4.78 is 28.7. The van der Waals surface area contributed by atoms with E-state index >= 15 is 0 Å². The van der Waals surface area contributed by atoms with Crippen molar-refractivity contribution in [3.8, 4) is 5.75 Å². The Bertz CT molecular complexity index is 1660. The second-order valence-corrected chi connectivity index (χ2v) is 13.7. The largest absolute Gasteiger partial charge is 0.497 e. The minimum absolute atomic E-state index is 0.0270. The van der Waals surface area contributed by atoms with Gasteiger partial charge in [-0.15, -0.1) is 10.8 Å². The molecule has 0 saturated carbocycles. The van der Waals surface area contributed by atoms with Crippen LogP contribution in [0.3, 0.4) is 0 Å². The third kappa shape index (κ3) is 8.88. The number of non-ortho nitro benzene ring substituents is 1. The van der Waals surface area contributed by atoms with Crippen LogP contribution in [-0.4, -0.2) is 63.1 Å². The number of carbonyl (C=O) groups is 1. The molecule has 12 heteroatoms. The van der Waals surface area contributed by atoms with E-state index in [9.17, 15) is 29.1 Å². The standard InChI is InChI=1S/C35H40N4O7S/c1-46-32-14-8-11-26(17-32)22-36-23-34(40)33(18-25-9-4-2-5-10-25)37-35(41)29-19-30(21-31(20-29)39(42)43)38-24-28(15-16-47(38,44)45)27-12-6-3-7-13-27/h2-14,17,19-21,28,33-34,36,40,44-45H,15-16,18,22-24H2,1H3,(H,37,41)/t28?,33-,34+/m0/s1. The van der Waals surface area contributed by atoms with E-state index in [0.29, 0.717) is 19.4 Å². The fraction of sp³-hybridized carbons (Fsp3) is 0.286. The van der Waals surface area contributed by atoms with E-state index in [-0.39, 0.29) is 41.7 Å². The van der Waals surface area contributed by atoms with Gasteiger partial charge >= 0.3 is 0 Å². The molecule has 0 radical (unpaired) electrons. The maximum absolute atomic E-state index is 13.8. The van der Waals surface area contributed by atoms with Gasteiger partial charge in [-0.1, -0.05) is 72.8 Å². The minimum Gasteiger partial charge on any atom is -0.497 e. The lowest BCUT2D eigenvalue weighted by Crippen LogP contribution is -2.48. The van der Waals surface area contributed by atoms with Crippen molar-refractivity contribution in [1.29, 1.82) is 0 Å².